The maximum Gasteiger partial charge on any atom is 0.244 e. The summed E-state index contributed by atoms with van der Waals surface area (Å²) in [6, 6.07) is 6.52. The lowest BCUT2D eigenvalue weighted by atomic mass is 10.2. The van der Waals surface area contributed by atoms with Gasteiger partial charge in [0.05, 0.1) is 36.3 Å². The van der Waals surface area contributed by atoms with Crippen LogP contribution >= 0.6 is 23.4 Å². The summed E-state index contributed by atoms with van der Waals surface area (Å²) in [5.74, 6) is 0.230. The predicted molar refractivity (Wildman–Crippen MR) is 121 cm³/mol. The number of hydrogen-bond acceptors (Lipinski definition) is 7. The molecule has 1 amide bonds. The average Bonchev–Trinajstić information content (AvgIpc) is 2.77. The van der Waals surface area contributed by atoms with Crippen LogP contribution in [-0.2, 0) is 19.6 Å². The lowest BCUT2D eigenvalue weighted by Crippen LogP contribution is -2.40. The van der Waals surface area contributed by atoms with E-state index >= 15 is 0 Å². The Labute approximate surface area is 191 Å². The number of anilines is 1. The number of carbonyl (C=O) groups is 1. The minimum Gasteiger partial charge on any atom is -0.495 e. The standard InChI is InChI=1S/C20H24ClN3O5S2/c1-13-10-17(18(28-3)11-16(13)21)23-20(25)14(2)30-19-5-4-15(12-22-19)31(26,27)24-6-8-29-9-7-24/h4-5,10-12,14H,6-9H2,1-3H3,(H,23,25). The summed E-state index contributed by atoms with van der Waals surface area (Å²) >= 11 is 7.34. The fraction of sp³-hybridized carbons (Fsp3) is 0.400. The van der Waals surface area contributed by atoms with Crippen LogP contribution in [0.3, 0.4) is 0 Å². The first-order valence-electron chi connectivity index (χ1n) is 9.58. The molecule has 1 aliphatic rings. The molecule has 1 fully saturated rings. The van der Waals surface area contributed by atoms with Crippen LogP contribution in [0.4, 0.5) is 5.69 Å². The van der Waals surface area contributed by atoms with Crippen molar-refractivity contribution in [3.8, 4) is 5.75 Å². The molecule has 2 heterocycles. The van der Waals surface area contributed by atoms with E-state index in [4.69, 9.17) is 21.1 Å². The van der Waals surface area contributed by atoms with Crippen molar-refractivity contribution < 1.29 is 22.7 Å². The third-order valence-corrected chi connectivity index (χ3v) is 8.06. The summed E-state index contributed by atoms with van der Waals surface area (Å²) in [4.78, 5) is 17.0. The SMILES string of the molecule is COc1cc(Cl)c(C)cc1NC(=O)C(C)Sc1ccc(S(=O)(=O)N2CCOCC2)cn1. The molecule has 3 rings (SSSR count). The van der Waals surface area contributed by atoms with Crippen molar-refractivity contribution >= 4 is 45.0 Å². The number of halogens is 1. The van der Waals surface area contributed by atoms with Crippen LogP contribution in [0.25, 0.3) is 0 Å². The fourth-order valence-electron chi connectivity index (χ4n) is 2.92. The van der Waals surface area contributed by atoms with Crippen molar-refractivity contribution in [3.63, 3.8) is 0 Å². The van der Waals surface area contributed by atoms with E-state index in [2.05, 4.69) is 10.3 Å². The number of thioether (sulfide) groups is 1. The lowest BCUT2D eigenvalue weighted by molar-refractivity contribution is -0.115. The number of rotatable bonds is 7. The third kappa shape index (κ3) is 5.69. The Hall–Kier alpha value is -1.85. The molecule has 1 aromatic heterocycles. The molecule has 0 bridgehead atoms. The van der Waals surface area contributed by atoms with Crippen LogP contribution < -0.4 is 10.1 Å². The van der Waals surface area contributed by atoms with Gasteiger partial charge in [0.1, 0.15) is 10.6 Å². The molecule has 1 aliphatic heterocycles. The smallest absolute Gasteiger partial charge is 0.244 e. The number of aromatic nitrogens is 1. The molecule has 1 unspecified atom stereocenters. The van der Waals surface area contributed by atoms with Crippen molar-refractivity contribution in [2.24, 2.45) is 0 Å². The van der Waals surface area contributed by atoms with Crippen molar-refractivity contribution in [3.05, 3.63) is 41.0 Å². The van der Waals surface area contributed by atoms with Crippen molar-refractivity contribution in [1.82, 2.24) is 9.29 Å². The Kier molecular flexibility index (Phi) is 7.82. The average molecular weight is 486 g/mol. The van der Waals surface area contributed by atoms with Gasteiger partial charge in [-0.3, -0.25) is 4.79 Å². The first kappa shape index (κ1) is 23.8. The van der Waals surface area contributed by atoms with Gasteiger partial charge in [-0.25, -0.2) is 13.4 Å². The lowest BCUT2D eigenvalue weighted by Gasteiger charge is -2.25. The Morgan fingerprint density at radius 2 is 2.03 bits per heavy atom. The van der Waals surface area contributed by atoms with E-state index < -0.39 is 15.3 Å². The number of carbonyl (C=O) groups excluding carboxylic acids is 1. The van der Waals surface area contributed by atoms with Crippen molar-refractivity contribution in [2.75, 3.05) is 38.7 Å². The van der Waals surface area contributed by atoms with Crippen LogP contribution in [-0.4, -0.2) is 62.3 Å². The van der Waals surface area contributed by atoms with Crippen LogP contribution in [0, 0.1) is 6.92 Å². The number of amides is 1. The molecule has 31 heavy (non-hydrogen) atoms. The molecular formula is C20H24ClN3O5S2. The second-order valence-electron chi connectivity index (χ2n) is 6.90. The quantitative estimate of drug-likeness (QED) is 0.601. The van der Waals surface area contributed by atoms with E-state index in [-0.39, 0.29) is 10.8 Å². The van der Waals surface area contributed by atoms with Gasteiger partial charge in [-0.2, -0.15) is 4.31 Å². The number of ether oxygens (including phenoxy) is 2. The maximum absolute atomic E-state index is 12.7. The number of morpholine rings is 1. The number of aryl methyl sites for hydroxylation is 1. The Morgan fingerprint density at radius 3 is 2.65 bits per heavy atom. The zero-order valence-electron chi connectivity index (χ0n) is 17.4. The fourth-order valence-corrected chi connectivity index (χ4v) is 5.22. The van der Waals surface area contributed by atoms with E-state index in [0.717, 1.165) is 5.56 Å². The summed E-state index contributed by atoms with van der Waals surface area (Å²) in [7, 11) is -2.10. The van der Waals surface area contributed by atoms with Crippen LogP contribution in [0.2, 0.25) is 5.02 Å². The highest BCUT2D eigenvalue weighted by molar-refractivity contribution is 8.00. The Balaban J connectivity index is 1.66. The molecule has 0 radical (unpaired) electrons. The molecule has 1 atom stereocenters. The normalized spacial score (nSPS) is 16.0. The van der Waals surface area contributed by atoms with Gasteiger partial charge < -0.3 is 14.8 Å². The second-order valence-corrected chi connectivity index (χ2v) is 10.6. The number of nitrogens with zero attached hydrogens (tertiary/aromatic N) is 2. The zero-order chi connectivity index (χ0) is 22.6. The van der Waals surface area contributed by atoms with Crippen molar-refractivity contribution in [2.45, 2.75) is 29.0 Å². The number of benzene rings is 1. The van der Waals surface area contributed by atoms with Gasteiger partial charge in [-0.05, 0) is 37.6 Å². The van der Waals surface area contributed by atoms with Crippen LogP contribution in [0.15, 0.2) is 40.4 Å². The molecule has 8 nitrogen and oxygen atoms in total. The van der Waals surface area contributed by atoms with E-state index in [0.29, 0.717) is 47.8 Å². The maximum atomic E-state index is 12.7. The number of nitrogens with one attached hydrogen (secondary N) is 1. The number of pyridine rings is 1. The number of methoxy groups -OCH3 is 1. The number of sulfonamides is 1. The van der Waals surface area contributed by atoms with E-state index in [9.17, 15) is 13.2 Å². The van der Waals surface area contributed by atoms with Gasteiger partial charge in [-0.15, -0.1) is 0 Å². The van der Waals surface area contributed by atoms with Gasteiger partial charge in [0.2, 0.25) is 15.9 Å². The van der Waals surface area contributed by atoms with Gasteiger partial charge in [-0.1, -0.05) is 23.4 Å². The molecule has 1 aromatic carbocycles. The summed E-state index contributed by atoms with van der Waals surface area (Å²) in [5, 5.41) is 3.46. The Morgan fingerprint density at radius 1 is 1.32 bits per heavy atom. The van der Waals surface area contributed by atoms with Gasteiger partial charge >= 0.3 is 0 Å². The highest BCUT2D eigenvalue weighted by Gasteiger charge is 2.27. The molecule has 11 heteroatoms. The first-order valence-corrected chi connectivity index (χ1v) is 12.3. The molecule has 0 spiro atoms. The molecule has 0 aliphatic carbocycles. The summed E-state index contributed by atoms with van der Waals surface area (Å²) in [6.07, 6.45) is 1.32. The highest BCUT2D eigenvalue weighted by Crippen LogP contribution is 2.32. The molecular weight excluding hydrogens is 462 g/mol. The minimum atomic E-state index is -3.60. The minimum absolute atomic E-state index is 0.122. The predicted octanol–water partition coefficient (Wildman–Crippen LogP) is 3.19. The molecule has 0 saturated carbocycles. The van der Waals surface area contributed by atoms with E-state index in [1.54, 1.807) is 25.1 Å². The molecule has 1 saturated heterocycles. The van der Waals surface area contributed by atoms with Gasteiger partial charge in [0, 0.05) is 30.4 Å². The Bertz CT molecular complexity index is 1040. The number of hydrogen-bond donors (Lipinski definition) is 1. The zero-order valence-corrected chi connectivity index (χ0v) is 19.8. The summed E-state index contributed by atoms with van der Waals surface area (Å²) < 4.78 is 37.2. The molecule has 1 N–H and O–H groups in total. The van der Waals surface area contributed by atoms with Crippen LogP contribution in [0.1, 0.15) is 12.5 Å². The van der Waals surface area contributed by atoms with Gasteiger partial charge in [0.15, 0.2) is 0 Å². The van der Waals surface area contributed by atoms with Gasteiger partial charge in [0.25, 0.3) is 0 Å². The van der Waals surface area contributed by atoms with E-state index in [1.165, 1.54) is 35.4 Å². The van der Waals surface area contributed by atoms with Crippen LogP contribution in [0.5, 0.6) is 5.75 Å². The molecule has 168 valence electrons. The largest absolute Gasteiger partial charge is 0.495 e. The topological polar surface area (TPSA) is 97.8 Å². The van der Waals surface area contributed by atoms with E-state index in [1.807, 2.05) is 6.92 Å². The van der Waals surface area contributed by atoms with Crippen molar-refractivity contribution in [1.29, 1.82) is 0 Å². The molecule has 2 aromatic rings. The third-order valence-electron chi connectivity index (χ3n) is 4.72. The summed E-state index contributed by atoms with van der Waals surface area (Å²) in [6.45, 7) is 4.99. The second kappa shape index (κ2) is 10.2. The summed E-state index contributed by atoms with van der Waals surface area (Å²) in [5.41, 5.74) is 1.35. The highest BCUT2D eigenvalue weighted by atomic mass is 35.5. The first-order chi connectivity index (χ1) is 14.7. The monoisotopic (exact) mass is 485 g/mol.